The fraction of sp³-hybridized carbons (Fsp3) is 0.389. The molecule has 122 valence electrons. The summed E-state index contributed by atoms with van der Waals surface area (Å²) in [4.78, 5) is 16.5. The van der Waals surface area contributed by atoms with Crippen LogP contribution >= 0.6 is 0 Å². The first-order chi connectivity index (χ1) is 11.2. The van der Waals surface area contributed by atoms with Crippen LogP contribution in [0.5, 0.6) is 0 Å². The van der Waals surface area contributed by atoms with Crippen LogP contribution in [0.15, 0.2) is 47.1 Å². The van der Waals surface area contributed by atoms with Gasteiger partial charge in [-0.2, -0.15) is 0 Å². The number of anilines is 1. The van der Waals surface area contributed by atoms with Gasteiger partial charge in [0.25, 0.3) is 0 Å². The molecule has 1 aliphatic rings. The van der Waals surface area contributed by atoms with Crippen LogP contribution in [0.1, 0.15) is 18.2 Å². The molecule has 0 aliphatic carbocycles. The number of nitrogens with one attached hydrogen (secondary N) is 1. The predicted molar refractivity (Wildman–Crippen MR) is 90.4 cm³/mol. The molecule has 0 atom stereocenters. The van der Waals surface area contributed by atoms with E-state index in [9.17, 15) is 4.79 Å². The fourth-order valence-electron chi connectivity index (χ4n) is 2.76. The summed E-state index contributed by atoms with van der Waals surface area (Å²) >= 11 is 0. The van der Waals surface area contributed by atoms with E-state index >= 15 is 0 Å². The van der Waals surface area contributed by atoms with E-state index in [1.807, 2.05) is 29.2 Å². The zero-order valence-corrected chi connectivity index (χ0v) is 13.5. The second-order valence-corrected chi connectivity index (χ2v) is 5.82. The van der Waals surface area contributed by atoms with Crippen molar-refractivity contribution in [1.82, 2.24) is 9.80 Å². The third-order valence-electron chi connectivity index (χ3n) is 4.23. The van der Waals surface area contributed by atoms with Gasteiger partial charge in [0.1, 0.15) is 5.76 Å². The third kappa shape index (κ3) is 4.13. The molecule has 2 aromatic rings. The number of carbonyl (C=O) groups excluding carboxylic acids is 1. The highest BCUT2D eigenvalue weighted by Crippen LogP contribution is 2.13. The molecule has 0 bridgehead atoms. The average molecular weight is 313 g/mol. The lowest BCUT2D eigenvalue weighted by atomic mass is 10.1. The van der Waals surface area contributed by atoms with Gasteiger partial charge < -0.3 is 14.6 Å². The fourth-order valence-corrected chi connectivity index (χ4v) is 2.76. The normalized spacial score (nSPS) is 15.6. The van der Waals surface area contributed by atoms with Crippen molar-refractivity contribution in [1.29, 1.82) is 0 Å². The molecule has 1 aromatic carbocycles. The van der Waals surface area contributed by atoms with Gasteiger partial charge in [-0.3, -0.25) is 4.90 Å². The largest absolute Gasteiger partial charge is 0.468 e. The van der Waals surface area contributed by atoms with Crippen LogP contribution in [0.4, 0.5) is 10.5 Å². The molecule has 5 heteroatoms. The van der Waals surface area contributed by atoms with E-state index in [4.69, 9.17) is 4.42 Å². The van der Waals surface area contributed by atoms with E-state index in [2.05, 4.69) is 29.3 Å². The average Bonchev–Trinajstić information content (AvgIpc) is 3.09. The maximum Gasteiger partial charge on any atom is 0.321 e. The number of rotatable bonds is 4. The number of hydrogen-bond donors (Lipinski definition) is 1. The van der Waals surface area contributed by atoms with E-state index in [1.54, 1.807) is 6.26 Å². The summed E-state index contributed by atoms with van der Waals surface area (Å²) < 4.78 is 5.37. The smallest absolute Gasteiger partial charge is 0.321 e. The number of aryl methyl sites for hydroxylation is 1. The molecule has 3 rings (SSSR count). The Hall–Kier alpha value is -2.27. The molecule has 2 amide bonds. The Bertz CT molecular complexity index is 614. The molecule has 23 heavy (non-hydrogen) atoms. The molecule has 1 aliphatic heterocycles. The Morgan fingerprint density at radius 3 is 2.48 bits per heavy atom. The van der Waals surface area contributed by atoms with Crippen LogP contribution in [-0.2, 0) is 13.0 Å². The van der Waals surface area contributed by atoms with E-state index in [0.717, 1.165) is 50.6 Å². The first-order valence-corrected chi connectivity index (χ1v) is 8.14. The molecule has 0 spiro atoms. The summed E-state index contributed by atoms with van der Waals surface area (Å²) in [6.07, 6.45) is 2.70. The summed E-state index contributed by atoms with van der Waals surface area (Å²) in [6.45, 7) is 6.13. The highest BCUT2D eigenvalue weighted by molar-refractivity contribution is 5.89. The first-order valence-electron chi connectivity index (χ1n) is 8.14. The van der Waals surface area contributed by atoms with Crippen molar-refractivity contribution in [3.8, 4) is 0 Å². The molecule has 1 saturated heterocycles. The lowest BCUT2D eigenvalue weighted by Crippen LogP contribution is -2.49. The molecular weight excluding hydrogens is 290 g/mol. The second kappa shape index (κ2) is 7.33. The summed E-state index contributed by atoms with van der Waals surface area (Å²) in [5, 5.41) is 2.97. The van der Waals surface area contributed by atoms with Gasteiger partial charge in [0.15, 0.2) is 0 Å². The number of amides is 2. The van der Waals surface area contributed by atoms with Crippen LogP contribution in [0.3, 0.4) is 0 Å². The number of carbonyl (C=O) groups is 1. The Kier molecular flexibility index (Phi) is 4.98. The van der Waals surface area contributed by atoms with Gasteiger partial charge in [0, 0.05) is 31.9 Å². The second-order valence-electron chi connectivity index (χ2n) is 5.82. The molecule has 0 radical (unpaired) electrons. The lowest BCUT2D eigenvalue weighted by Gasteiger charge is -2.34. The van der Waals surface area contributed by atoms with Crippen LogP contribution in [-0.4, -0.2) is 42.0 Å². The minimum absolute atomic E-state index is 0.0214. The molecular formula is C18H23N3O2. The van der Waals surface area contributed by atoms with Crippen molar-refractivity contribution in [3.05, 3.63) is 54.0 Å². The van der Waals surface area contributed by atoms with Gasteiger partial charge in [0.05, 0.1) is 12.8 Å². The first kappa shape index (κ1) is 15.6. The summed E-state index contributed by atoms with van der Waals surface area (Å²) in [5.41, 5.74) is 2.12. The standard InChI is InChI=1S/C18H23N3O2/c1-2-15-5-7-16(8-6-15)19-18(22)21-11-9-20(10-12-21)14-17-4-3-13-23-17/h3-8,13H,2,9-12,14H2,1H3,(H,19,22). The summed E-state index contributed by atoms with van der Waals surface area (Å²) in [6, 6.07) is 11.9. The predicted octanol–water partition coefficient (Wildman–Crippen LogP) is 3.19. The van der Waals surface area contributed by atoms with Gasteiger partial charge in [0.2, 0.25) is 0 Å². The quantitative estimate of drug-likeness (QED) is 0.943. The molecule has 1 fully saturated rings. The van der Waals surface area contributed by atoms with Gasteiger partial charge in [-0.1, -0.05) is 19.1 Å². The molecule has 0 unspecified atom stereocenters. The number of furan rings is 1. The zero-order chi connectivity index (χ0) is 16.1. The Balaban J connectivity index is 1.47. The molecule has 1 aromatic heterocycles. The van der Waals surface area contributed by atoms with Crippen LogP contribution in [0, 0.1) is 0 Å². The van der Waals surface area contributed by atoms with E-state index < -0.39 is 0 Å². The summed E-state index contributed by atoms with van der Waals surface area (Å²) in [5.74, 6) is 0.971. The van der Waals surface area contributed by atoms with Crippen molar-refractivity contribution in [3.63, 3.8) is 0 Å². The van der Waals surface area contributed by atoms with E-state index in [1.165, 1.54) is 5.56 Å². The number of piperazine rings is 1. The number of benzene rings is 1. The van der Waals surface area contributed by atoms with Gasteiger partial charge in [-0.25, -0.2) is 4.79 Å². The molecule has 5 nitrogen and oxygen atoms in total. The van der Waals surface area contributed by atoms with Crippen LogP contribution < -0.4 is 5.32 Å². The third-order valence-corrected chi connectivity index (χ3v) is 4.23. The van der Waals surface area contributed by atoms with E-state index in [-0.39, 0.29) is 6.03 Å². The van der Waals surface area contributed by atoms with Gasteiger partial charge >= 0.3 is 6.03 Å². The maximum atomic E-state index is 12.3. The Morgan fingerprint density at radius 1 is 1.13 bits per heavy atom. The van der Waals surface area contributed by atoms with Crippen molar-refractivity contribution < 1.29 is 9.21 Å². The summed E-state index contributed by atoms with van der Waals surface area (Å²) in [7, 11) is 0. The number of hydrogen-bond acceptors (Lipinski definition) is 3. The topological polar surface area (TPSA) is 48.7 Å². The van der Waals surface area contributed by atoms with Gasteiger partial charge in [-0.05, 0) is 36.2 Å². The molecule has 1 N–H and O–H groups in total. The van der Waals surface area contributed by atoms with E-state index in [0.29, 0.717) is 0 Å². The van der Waals surface area contributed by atoms with Crippen molar-refractivity contribution >= 4 is 11.7 Å². The minimum Gasteiger partial charge on any atom is -0.468 e. The highest BCUT2D eigenvalue weighted by Gasteiger charge is 2.21. The maximum absolute atomic E-state index is 12.3. The van der Waals surface area contributed by atoms with Crippen molar-refractivity contribution in [2.24, 2.45) is 0 Å². The Labute approximate surface area is 136 Å². The number of urea groups is 1. The molecule has 2 heterocycles. The Morgan fingerprint density at radius 2 is 1.87 bits per heavy atom. The minimum atomic E-state index is -0.0214. The van der Waals surface area contributed by atoms with Crippen molar-refractivity contribution in [2.45, 2.75) is 19.9 Å². The lowest BCUT2D eigenvalue weighted by molar-refractivity contribution is 0.137. The zero-order valence-electron chi connectivity index (χ0n) is 13.5. The van der Waals surface area contributed by atoms with Gasteiger partial charge in [-0.15, -0.1) is 0 Å². The SMILES string of the molecule is CCc1ccc(NC(=O)N2CCN(Cc3ccco3)CC2)cc1. The van der Waals surface area contributed by atoms with Crippen molar-refractivity contribution in [2.75, 3.05) is 31.5 Å². The number of nitrogens with zero attached hydrogens (tertiary/aromatic N) is 2. The highest BCUT2D eigenvalue weighted by atomic mass is 16.3. The molecule has 0 saturated carbocycles. The monoisotopic (exact) mass is 313 g/mol. The van der Waals surface area contributed by atoms with Crippen LogP contribution in [0.2, 0.25) is 0 Å². The van der Waals surface area contributed by atoms with Crippen LogP contribution in [0.25, 0.3) is 0 Å².